The minimum Gasteiger partial charge on any atom is -0.481 e. The smallest absolute Gasteiger partial charge is 0.305 e. The number of carboxylic acids is 1. The highest BCUT2D eigenvalue weighted by Gasteiger charge is 2.39. The second kappa shape index (κ2) is 8.30. The highest BCUT2D eigenvalue weighted by Crippen LogP contribution is 2.30. The number of piperidine rings is 1. The van der Waals surface area contributed by atoms with Crippen molar-refractivity contribution in [2.24, 2.45) is 0 Å². The monoisotopic (exact) mass is 374 g/mol. The van der Waals surface area contributed by atoms with Crippen LogP contribution in [0.3, 0.4) is 0 Å². The van der Waals surface area contributed by atoms with Crippen molar-refractivity contribution >= 4 is 23.7 Å². The fourth-order valence-electron chi connectivity index (χ4n) is 3.51. The highest BCUT2D eigenvalue weighted by atomic mass is 16.5. The maximum absolute atomic E-state index is 12.7. The van der Waals surface area contributed by atoms with Gasteiger partial charge in [-0.25, -0.2) is 0 Å². The Labute approximate surface area is 156 Å². The predicted octanol–water partition coefficient (Wildman–Crippen LogP) is 0.872. The second-order valence-corrected chi connectivity index (χ2v) is 6.70. The van der Waals surface area contributed by atoms with Gasteiger partial charge in [-0.15, -0.1) is 0 Å². The second-order valence-electron chi connectivity index (χ2n) is 6.70. The third-order valence-electron chi connectivity index (χ3n) is 4.87. The average molecular weight is 374 g/mol. The van der Waals surface area contributed by atoms with Gasteiger partial charge in [0.25, 0.3) is 5.91 Å². The molecule has 8 heteroatoms. The minimum absolute atomic E-state index is 0.0177. The number of rotatable bonds is 8. The normalized spacial score (nSPS) is 19.2. The summed E-state index contributed by atoms with van der Waals surface area (Å²) in [5.41, 5.74) is 2.54. The quantitative estimate of drug-likeness (QED) is 0.516. The van der Waals surface area contributed by atoms with E-state index in [0.29, 0.717) is 38.0 Å². The number of nitrogens with zero attached hydrogens (tertiary/aromatic N) is 1. The van der Waals surface area contributed by atoms with E-state index in [1.54, 1.807) is 11.0 Å². The lowest BCUT2D eigenvalue weighted by Gasteiger charge is -2.29. The van der Waals surface area contributed by atoms with Gasteiger partial charge in [0.2, 0.25) is 11.8 Å². The molecule has 3 rings (SSSR count). The van der Waals surface area contributed by atoms with Gasteiger partial charge < -0.3 is 14.7 Å². The molecule has 2 N–H and O–H groups in total. The van der Waals surface area contributed by atoms with Gasteiger partial charge in [0.1, 0.15) is 6.04 Å². The molecular formula is C19H22N2O6. The SMILES string of the molecule is O=C(O)CCOCCCc1cccc2c1CN(C1CCC(=O)NC1=O)C2=O. The fourth-order valence-corrected chi connectivity index (χ4v) is 3.51. The zero-order valence-electron chi connectivity index (χ0n) is 14.9. The number of imide groups is 1. The third-order valence-corrected chi connectivity index (χ3v) is 4.87. The number of carboxylic acid groups (broad SMARTS) is 1. The molecule has 2 aliphatic heterocycles. The first-order valence-corrected chi connectivity index (χ1v) is 9.02. The largest absolute Gasteiger partial charge is 0.481 e. The van der Waals surface area contributed by atoms with Gasteiger partial charge >= 0.3 is 5.97 Å². The molecule has 1 saturated heterocycles. The molecular weight excluding hydrogens is 352 g/mol. The summed E-state index contributed by atoms with van der Waals surface area (Å²) in [5.74, 6) is -1.79. The van der Waals surface area contributed by atoms with E-state index in [9.17, 15) is 19.2 Å². The summed E-state index contributed by atoms with van der Waals surface area (Å²) in [6.45, 7) is 0.988. The summed E-state index contributed by atoms with van der Waals surface area (Å²) in [4.78, 5) is 48.2. The predicted molar refractivity (Wildman–Crippen MR) is 93.9 cm³/mol. The molecule has 0 aliphatic carbocycles. The lowest BCUT2D eigenvalue weighted by molar-refractivity contribution is -0.139. The minimum atomic E-state index is -0.886. The number of benzene rings is 1. The van der Waals surface area contributed by atoms with Crippen LogP contribution in [0.2, 0.25) is 0 Å². The van der Waals surface area contributed by atoms with Crippen LogP contribution < -0.4 is 5.32 Å². The average Bonchev–Trinajstić information content (AvgIpc) is 2.95. The summed E-state index contributed by atoms with van der Waals surface area (Å²) in [6, 6.07) is 4.92. The first-order valence-electron chi connectivity index (χ1n) is 9.02. The summed E-state index contributed by atoms with van der Waals surface area (Å²) in [5, 5.41) is 10.9. The topological polar surface area (TPSA) is 113 Å². The molecule has 2 aliphatic rings. The summed E-state index contributed by atoms with van der Waals surface area (Å²) >= 11 is 0. The maximum atomic E-state index is 12.7. The number of aryl methyl sites for hydroxylation is 1. The Morgan fingerprint density at radius 2 is 2.07 bits per heavy atom. The van der Waals surface area contributed by atoms with Crippen LogP contribution in [0.4, 0.5) is 0 Å². The van der Waals surface area contributed by atoms with E-state index in [4.69, 9.17) is 9.84 Å². The van der Waals surface area contributed by atoms with Crippen molar-refractivity contribution in [3.05, 3.63) is 34.9 Å². The number of amides is 3. The van der Waals surface area contributed by atoms with E-state index in [0.717, 1.165) is 11.1 Å². The first-order chi connectivity index (χ1) is 13.0. The Morgan fingerprint density at radius 1 is 1.26 bits per heavy atom. The van der Waals surface area contributed by atoms with Gasteiger partial charge in [-0.3, -0.25) is 24.5 Å². The van der Waals surface area contributed by atoms with Crippen molar-refractivity contribution in [1.29, 1.82) is 0 Å². The molecule has 0 bridgehead atoms. The van der Waals surface area contributed by atoms with E-state index in [2.05, 4.69) is 5.32 Å². The molecule has 2 heterocycles. The third kappa shape index (κ3) is 4.33. The Bertz CT molecular complexity index is 775. The van der Waals surface area contributed by atoms with Crippen LogP contribution in [0.25, 0.3) is 0 Å². The van der Waals surface area contributed by atoms with Crippen molar-refractivity contribution in [2.75, 3.05) is 13.2 Å². The van der Waals surface area contributed by atoms with Crippen LogP contribution in [0.15, 0.2) is 18.2 Å². The van der Waals surface area contributed by atoms with Crippen molar-refractivity contribution in [3.63, 3.8) is 0 Å². The molecule has 1 fully saturated rings. The van der Waals surface area contributed by atoms with Crippen LogP contribution in [0.1, 0.15) is 47.2 Å². The van der Waals surface area contributed by atoms with Crippen molar-refractivity contribution in [2.45, 2.75) is 44.7 Å². The van der Waals surface area contributed by atoms with Crippen LogP contribution in [-0.4, -0.2) is 53.0 Å². The lowest BCUT2D eigenvalue weighted by Crippen LogP contribution is -2.52. The van der Waals surface area contributed by atoms with Crippen LogP contribution >= 0.6 is 0 Å². The summed E-state index contributed by atoms with van der Waals surface area (Å²) < 4.78 is 5.30. The van der Waals surface area contributed by atoms with Gasteiger partial charge in [-0.05, 0) is 36.5 Å². The van der Waals surface area contributed by atoms with E-state index in [1.165, 1.54) is 0 Å². The molecule has 1 atom stereocenters. The number of carbonyl (C=O) groups is 4. The summed E-state index contributed by atoms with van der Waals surface area (Å²) in [7, 11) is 0. The summed E-state index contributed by atoms with van der Waals surface area (Å²) in [6.07, 6.45) is 1.97. The molecule has 8 nitrogen and oxygen atoms in total. The number of aliphatic carboxylic acids is 1. The molecule has 1 aromatic carbocycles. The Hall–Kier alpha value is -2.74. The standard InChI is InChI=1S/C19H22N2O6/c22-16-7-6-15(18(25)20-16)21-11-14-12(3-1-5-13(14)19(21)26)4-2-9-27-10-8-17(23)24/h1,3,5,15H,2,4,6-11H2,(H,23,24)(H,20,22,25). The van der Waals surface area contributed by atoms with Crippen LogP contribution in [-0.2, 0) is 32.1 Å². The number of nitrogens with one attached hydrogen (secondary N) is 1. The molecule has 0 radical (unpaired) electrons. The highest BCUT2D eigenvalue weighted by molar-refractivity contribution is 6.05. The molecule has 0 aromatic heterocycles. The van der Waals surface area contributed by atoms with Gasteiger partial charge in [-0.2, -0.15) is 0 Å². The van der Waals surface area contributed by atoms with E-state index < -0.39 is 17.9 Å². The van der Waals surface area contributed by atoms with Crippen molar-refractivity contribution < 1.29 is 29.0 Å². The molecule has 1 aromatic rings. The molecule has 3 amide bonds. The van der Waals surface area contributed by atoms with Crippen molar-refractivity contribution in [3.8, 4) is 0 Å². The van der Waals surface area contributed by atoms with Crippen molar-refractivity contribution in [1.82, 2.24) is 10.2 Å². The Morgan fingerprint density at radius 3 is 2.81 bits per heavy atom. The van der Waals surface area contributed by atoms with Crippen LogP contribution in [0.5, 0.6) is 0 Å². The van der Waals surface area contributed by atoms with E-state index >= 15 is 0 Å². The number of hydrogen-bond acceptors (Lipinski definition) is 5. The number of ether oxygens (including phenoxy) is 1. The Balaban J connectivity index is 1.61. The number of fused-ring (bicyclic) bond motifs is 1. The molecule has 144 valence electrons. The fraction of sp³-hybridized carbons (Fsp3) is 0.474. The zero-order chi connectivity index (χ0) is 19.4. The van der Waals surface area contributed by atoms with Gasteiger partial charge in [0.15, 0.2) is 0 Å². The van der Waals surface area contributed by atoms with E-state index in [-0.39, 0.29) is 31.3 Å². The zero-order valence-corrected chi connectivity index (χ0v) is 14.9. The molecule has 27 heavy (non-hydrogen) atoms. The first kappa shape index (κ1) is 19.0. The Kier molecular flexibility index (Phi) is 5.85. The van der Waals surface area contributed by atoms with Crippen LogP contribution in [0, 0.1) is 0 Å². The number of carbonyl (C=O) groups excluding carboxylic acids is 3. The van der Waals surface area contributed by atoms with E-state index in [1.807, 2.05) is 12.1 Å². The maximum Gasteiger partial charge on any atom is 0.305 e. The number of hydrogen-bond donors (Lipinski definition) is 2. The lowest BCUT2D eigenvalue weighted by atomic mass is 10.00. The van der Waals surface area contributed by atoms with Gasteiger partial charge in [-0.1, -0.05) is 12.1 Å². The van der Waals surface area contributed by atoms with Gasteiger partial charge in [0.05, 0.1) is 13.0 Å². The molecule has 1 unspecified atom stereocenters. The van der Waals surface area contributed by atoms with Gasteiger partial charge in [0, 0.05) is 25.1 Å². The molecule has 0 saturated carbocycles. The molecule has 0 spiro atoms.